The zero-order valence-corrected chi connectivity index (χ0v) is 13.5. The lowest BCUT2D eigenvalue weighted by Crippen LogP contribution is -2.33. The molecule has 2 N–H and O–H groups in total. The van der Waals surface area contributed by atoms with Gasteiger partial charge in [-0.3, -0.25) is 0 Å². The summed E-state index contributed by atoms with van der Waals surface area (Å²) < 4.78 is 0. The molecule has 1 saturated heterocycles. The molecule has 1 unspecified atom stereocenters. The molecule has 1 atom stereocenters. The molecule has 2 fully saturated rings. The summed E-state index contributed by atoms with van der Waals surface area (Å²) in [5, 5.41) is 0. The molecule has 0 bridgehead atoms. The monoisotopic (exact) mass is 286 g/mol. The minimum atomic E-state index is 0.443. The van der Waals surface area contributed by atoms with Crippen molar-refractivity contribution in [3.8, 4) is 0 Å². The number of likely N-dealkylation sites (tertiary alicyclic amines) is 1. The minimum Gasteiger partial charge on any atom is -0.399 e. The fraction of sp³-hybridized carbons (Fsp3) is 0.684. The third-order valence-corrected chi connectivity index (χ3v) is 5.54. The molecule has 1 aromatic carbocycles. The first-order valence-corrected chi connectivity index (χ1v) is 8.80. The largest absolute Gasteiger partial charge is 0.399 e. The fourth-order valence-electron chi connectivity index (χ4n) is 4.03. The Labute approximate surface area is 129 Å². The maximum Gasteiger partial charge on any atom is 0.0314 e. The van der Waals surface area contributed by atoms with Crippen LogP contribution in [0.1, 0.15) is 57.4 Å². The number of hydrogen-bond donors (Lipinski definition) is 1. The van der Waals surface area contributed by atoms with Crippen LogP contribution in [-0.4, -0.2) is 24.5 Å². The van der Waals surface area contributed by atoms with Crippen LogP contribution in [0.4, 0.5) is 5.69 Å². The Morgan fingerprint density at radius 2 is 1.90 bits per heavy atom. The van der Waals surface area contributed by atoms with Crippen molar-refractivity contribution in [3.05, 3.63) is 29.8 Å². The van der Waals surface area contributed by atoms with Crippen LogP contribution in [0.3, 0.4) is 0 Å². The predicted octanol–water partition coefficient (Wildman–Crippen LogP) is 4.20. The van der Waals surface area contributed by atoms with Crippen LogP contribution in [0.2, 0.25) is 0 Å². The molecule has 116 valence electrons. The van der Waals surface area contributed by atoms with Crippen LogP contribution >= 0.6 is 0 Å². The fourth-order valence-corrected chi connectivity index (χ4v) is 4.03. The average Bonchev–Trinajstić information content (AvgIpc) is 3.27. The van der Waals surface area contributed by atoms with Crippen LogP contribution in [0.5, 0.6) is 0 Å². The Morgan fingerprint density at radius 3 is 2.57 bits per heavy atom. The number of benzene rings is 1. The molecule has 0 amide bonds. The van der Waals surface area contributed by atoms with Gasteiger partial charge in [-0.2, -0.15) is 0 Å². The summed E-state index contributed by atoms with van der Waals surface area (Å²) in [7, 11) is 0. The van der Waals surface area contributed by atoms with E-state index in [2.05, 4.69) is 36.1 Å². The third-order valence-electron chi connectivity index (χ3n) is 5.54. The van der Waals surface area contributed by atoms with Crippen molar-refractivity contribution in [2.45, 2.75) is 57.3 Å². The number of anilines is 1. The second kappa shape index (κ2) is 6.39. The highest BCUT2D eigenvalue weighted by molar-refractivity contribution is 5.43. The number of nitrogen functional groups attached to an aromatic ring is 1. The highest BCUT2D eigenvalue weighted by Crippen LogP contribution is 2.49. The van der Waals surface area contributed by atoms with E-state index >= 15 is 0 Å². The van der Waals surface area contributed by atoms with E-state index in [1.807, 2.05) is 0 Å². The lowest BCUT2D eigenvalue weighted by atomic mass is 9.94. The normalized spacial score (nSPS) is 25.5. The van der Waals surface area contributed by atoms with Gasteiger partial charge in [0.1, 0.15) is 0 Å². The molecule has 1 aliphatic heterocycles. The summed E-state index contributed by atoms with van der Waals surface area (Å²) >= 11 is 0. The molecule has 3 rings (SSSR count). The van der Waals surface area contributed by atoms with Gasteiger partial charge in [0.05, 0.1) is 0 Å². The van der Waals surface area contributed by atoms with Gasteiger partial charge in [-0.15, -0.1) is 0 Å². The maximum atomic E-state index is 5.83. The van der Waals surface area contributed by atoms with Crippen LogP contribution in [-0.2, 0) is 5.41 Å². The van der Waals surface area contributed by atoms with E-state index in [9.17, 15) is 0 Å². The van der Waals surface area contributed by atoms with Crippen molar-refractivity contribution in [3.63, 3.8) is 0 Å². The van der Waals surface area contributed by atoms with Gasteiger partial charge in [0.2, 0.25) is 0 Å². The van der Waals surface area contributed by atoms with Gasteiger partial charge in [-0.25, -0.2) is 0 Å². The van der Waals surface area contributed by atoms with Gasteiger partial charge in [-0.05, 0) is 68.8 Å². The highest BCUT2D eigenvalue weighted by atomic mass is 15.1. The average molecular weight is 286 g/mol. The molecule has 0 radical (unpaired) electrons. The Balaban J connectivity index is 1.60. The minimum absolute atomic E-state index is 0.443. The molecule has 1 aliphatic carbocycles. The van der Waals surface area contributed by atoms with E-state index in [4.69, 9.17) is 5.73 Å². The smallest absolute Gasteiger partial charge is 0.0314 e. The van der Waals surface area contributed by atoms with Crippen LogP contribution in [0.25, 0.3) is 0 Å². The lowest BCUT2D eigenvalue weighted by molar-refractivity contribution is 0.254. The van der Waals surface area contributed by atoms with E-state index in [1.165, 1.54) is 70.1 Å². The number of hydrogen-bond acceptors (Lipinski definition) is 2. The standard InChI is InChI=1S/C19H30N2/c1-2-4-16-5-3-13-21(14-10-16)15-19(11-12-19)17-6-8-18(20)9-7-17/h6-9,16H,2-5,10-15,20H2,1H3. The van der Waals surface area contributed by atoms with E-state index in [-0.39, 0.29) is 0 Å². The first-order valence-electron chi connectivity index (χ1n) is 8.80. The molecule has 2 aliphatic rings. The summed E-state index contributed by atoms with van der Waals surface area (Å²) in [5.74, 6) is 0.978. The molecule has 21 heavy (non-hydrogen) atoms. The van der Waals surface area contributed by atoms with Gasteiger partial charge in [0.25, 0.3) is 0 Å². The highest BCUT2D eigenvalue weighted by Gasteiger charge is 2.45. The van der Waals surface area contributed by atoms with E-state index in [1.54, 1.807) is 0 Å². The molecule has 0 spiro atoms. The summed E-state index contributed by atoms with van der Waals surface area (Å²) in [5.41, 5.74) is 8.66. The number of nitrogens with two attached hydrogens (primary N) is 1. The Morgan fingerprint density at radius 1 is 1.14 bits per heavy atom. The summed E-state index contributed by atoms with van der Waals surface area (Å²) in [6, 6.07) is 8.63. The zero-order chi connectivity index (χ0) is 14.7. The van der Waals surface area contributed by atoms with Gasteiger partial charge in [-0.1, -0.05) is 31.9 Å². The first kappa shape index (κ1) is 14.9. The van der Waals surface area contributed by atoms with Crippen LogP contribution < -0.4 is 5.73 Å². The Kier molecular flexibility index (Phi) is 4.54. The van der Waals surface area contributed by atoms with Crippen molar-refractivity contribution < 1.29 is 0 Å². The summed E-state index contributed by atoms with van der Waals surface area (Å²) in [6.07, 6.45) is 9.72. The second-order valence-corrected chi connectivity index (χ2v) is 7.26. The molecule has 2 heteroatoms. The summed E-state index contributed by atoms with van der Waals surface area (Å²) in [6.45, 7) is 6.19. The summed E-state index contributed by atoms with van der Waals surface area (Å²) in [4.78, 5) is 2.74. The van der Waals surface area contributed by atoms with Crippen LogP contribution in [0.15, 0.2) is 24.3 Å². The van der Waals surface area contributed by atoms with E-state index in [0.717, 1.165) is 11.6 Å². The molecule has 1 heterocycles. The Hall–Kier alpha value is -1.02. The Bertz CT molecular complexity index is 447. The predicted molar refractivity (Wildman–Crippen MR) is 90.5 cm³/mol. The van der Waals surface area contributed by atoms with Gasteiger partial charge < -0.3 is 10.6 Å². The third kappa shape index (κ3) is 3.60. The van der Waals surface area contributed by atoms with Gasteiger partial charge in [0.15, 0.2) is 0 Å². The van der Waals surface area contributed by atoms with Gasteiger partial charge >= 0.3 is 0 Å². The molecular formula is C19H30N2. The SMILES string of the molecule is CCCC1CCCN(CC2(c3ccc(N)cc3)CC2)CC1. The number of nitrogens with zero attached hydrogens (tertiary/aromatic N) is 1. The van der Waals surface area contributed by atoms with Crippen molar-refractivity contribution in [1.82, 2.24) is 4.90 Å². The first-order chi connectivity index (χ1) is 10.2. The molecule has 2 nitrogen and oxygen atoms in total. The number of rotatable bonds is 5. The van der Waals surface area contributed by atoms with E-state index in [0.29, 0.717) is 5.41 Å². The van der Waals surface area contributed by atoms with Gasteiger partial charge in [0, 0.05) is 17.6 Å². The van der Waals surface area contributed by atoms with Crippen molar-refractivity contribution >= 4 is 5.69 Å². The molecule has 1 saturated carbocycles. The van der Waals surface area contributed by atoms with Crippen molar-refractivity contribution in [2.24, 2.45) is 5.92 Å². The molecule has 1 aromatic rings. The van der Waals surface area contributed by atoms with Crippen molar-refractivity contribution in [2.75, 3.05) is 25.4 Å². The van der Waals surface area contributed by atoms with Crippen molar-refractivity contribution in [1.29, 1.82) is 0 Å². The van der Waals surface area contributed by atoms with Crippen LogP contribution in [0, 0.1) is 5.92 Å². The molecular weight excluding hydrogens is 256 g/mol. The van der Waals surface area contributed by atoms with E-state index < -0.39 is 0 Å². The maximum absolute atomic E-state index is 5.83. The quantitative estimate of drug-likeness (QED) is 0.822. The topological polar surface area (TPSA) is 29.3 Å². The zero-order valence-electron chi connectivity index (χ0n) is 13.5. The lowest BCUT2D eigenvalue weighted by Gasteiger charge is -2.26. The second-order valence-electron chi connectivity index (χ2n) is 7.26. The molecule has 0 aromatic heterocycles.